The minimum atomic E-state index is -3.61. The predicted molar refractivity (Wildman–Crippen MR) is 77.0 cm³/mol. The van der Waals surface area contributed by atoms with Gasteiger partial charge in [0.15, 0.2) is 0 Å². The van der Waals surface area contributed by atoms with Crippen LogP contribution in [-0.4, -0.2) is 27.4 Å². The van der Waals surface area contributed by atoms with Crippen LogP contribution in [0.25, 0.3) is 0 Å². The SMILES string of the molecule is CCCNC(=O)CNS(=O)(=O)c1ccc2c(c1)CCC2. The first-order chi connectivity index (χ1) is 9.53. The molecule has 20 heavy (non-hydrogen) atoms. The Kier molecular flexibility index (Phi) is 4.77. The molecule has 0 heterocycles. The van der Waals surface area contributed by atoms with Crippen molar-refractivity contribution >= 4 is 15.9 Å². The molecule has 2 N–H and O–H groups in total. The molecule has 1 aromatic rings. The monoisotopic (exact) mass is 296 g/mol. The highest BCUT2D eigenvalue weighted by Gasteiger charge is 2.19. The molecular formula is C14H20N2O3S. The largest absolute Gasteiger partial charge is 0.355 e. The van der Waals surface area contributed by atoms with E-state index in [0.717, 1.165) is 31.2 Å². The summed E-state index contributed by atoms with van der Waals surface area (Å²) < 4.78 is 26.6. The lowest BCUT2D eigenvalue weighted by Gasteiger charge is -2.08. The van der Waals surface area contributed by atoms with Crippen molar-refractivity contribution in [3.63, 3.8) is 0 Å². The lowest BCUT2D eigenvalue weighted by atomic mass is 10.1. The normalized spacial score (nSPS) is 14.1. The number of hydrogen-bond acceptors (Lipinski definition) is 3. The molecule has 2 rings (SSSR count). The number of benzene rings is 1. The van der Waals surface area contributed by atoms with Gasteiger partial charge >= 0.3 is 0 Å². The molecule has 0 bridgehead atoms. The first kappa shape index (κ1) is 15.0. The van der Waals surface area contributed by atoms with E-state index in [2.05, 4.69) is 10.0 Å². The molecule has 0 radical (unpaired) electrons. The van der Waals surface area contributed by atoms with Gasteiger partial charge in [0.2, 0.25) is 15.9 Å². The number of nitrogens with one attached hydrogen (secondary N) is 2. The molecular weight excluding hydrogens is 276 g/mol. The van der Waals surface area contributed by atoms with Gasteiger partial charge in [-0.05, 0) is 48.9 Å². The molecule has 0 aromatic heterocycles. The van der Waals surface area contributed by atoms with E-state index in [1.165, 1.54) is 5.56 Å². The number of carbonyl (C=O) groups is 1. The van der Waals surface area contributed by atoms with Crippen molar-refractivity contribution in [3.8, 4) is 0 Å². The van der Waals surface area contributed by atoms with Gasteiger partial charge in [-0.3, -0.25) is 4.79 Å². The summed E-state index contributed by atoms with van der Waals surface area (Å²) in [6, 6.07) is 5.19. The maximum atomic E-state index is 12.1. The molecule has 0 fully saturated rings. The standard InChI is InChI=1S/C14H20N2O3S/c1-2-8-15-14(17)10-16-20(18,19)13-7-6-11-4-3-5-12(11)9-13/h6-7,9,16H,2-5,8,10H2,1H3,(H,15,17). The zero-order valence-electron chi connectivity index (χ0n) is 11.6. The minimum absolute atomic E-state index is 0.223. The third-order valence-corrected chi connectivity index (χ3v) is 4.77. The molecule has 0 unspecified atom stereocenters. The van der Waals surface area contributed by atoms with Gasteiger partial charge in [0, 0.05) is 6.54 Å². The lowest BCUT2D eigenvalue weighted by Crippen LogP contribution is -2.37. The van der Waals surface area contributed by atoms with E-state index in [9.17, 15) is 13.2 Å². The first-order valence-corrected chi connectivity index (χ1v) is 8.39. The Labute approximate surface area is 119 Å². The quantitative estimate of drug-likeness (QED) is 0.821. The van der Waals surface area contributed by atoms with Crippen LogP contribution in [0.3, 0.4) is 0 Å². The molecule has 0 atom stereocenters. The van der Waals surface area contributed by atoms with Gasteiger partial charge in [-0.2, -0.15) is 0 Å². The van der Waals surface area contributed by atoms with Crippen LogP contribution in [-0.2, 0) is 27.7 Å². The Bertz CT molecular complexity index is 596. The molecule has 0 saturated carbocycles. The van der Waals surface area contributed by atoms with Crippen molar-refractivity contribution in [1.82, 2.24) is 10.0 Å². The summed E-state index contributed by atoms with van der Waals surface area (Å²) in [5.74, 6) is -0.309. The molecule has 0 spiro atoms. The van der Waals surface area contributed by atoms with Gasteiger partial charge in [-0.1, -0.05) is 13.0 Å². The smallest absolute Gasteiger partial charge is 0.241 e. The summed E-state index contributed by atoms with van der Waals surface area (Å²) in [4.78, 5) is 11.7. The summed E-state index contributed by atoms with van der Waals surface area (Å²) in [5, 5.41) is 2.63. The van der Waals surface area contributed by atoms with Crippen molar-refractivity contribution < 1.29 is 13.2 Å². The Hall–Kier alpha value is -1.40. The molecule has 1 amide bonds. The zero-order chi connectivity index (χ0) is 14.6. The van der Waals surface area contributed by atoms with Crippen molar-refractivity contribution in [2.75, 3.05) is 13.1 Å². The third kappa shape index (κ3) is 3.58. The van der Waals surface area contributed by atoms with Gasteiger partial charge in [0.1, 0.15) is 0 Å². The molecule has 1 aromatic carbocycles. The number of carbonyl (C=O) groups excluding carboxylic acids is 1. The summed E-state index contributed by atoms with van der Waals surface area (Å²) in [6.07, 6.45) is 3.84. The van der Waals surface area contributed by atoms with Crippen LogP contribution >= 0.6 is 0 Å². The topological polar surface area (TPSA) is 75.3 Å². The second-order valence-corrected chi connectivity index (χ2v) is 6.73. The molecule has 1 aliphatic carbocycles. The Morgan fingerprint density at radius 1 is 1.25 bits per heavy atom. The van der Waals surface area contributed by atoms with Crippen LogP contribution in [0.1, 0.15) is 30.9 Å². The molecule has 0 aliphatic heterocycles. The fraction of sp³-hybridized carbons (Fsp3) is 0.500. The predicted octanol–water partition coefficient (Wildman–Crippen LogP) is 0.980. The average molecular weight is 296 g/mol. The van der Waals surface area contributed by atoms with E-state index in [4.69, 9.17) is 0 Å². The van der Waals surface area contributed by atoms with Gasteiger partial charge < -0.3 is 5.32 Å². The van der Waals surface area contributed by atoms with E-state index in [0.29, 0.717) is 6.54 Å². The van der Waals surface area contributed by atoms with Crippen molar-refractivity contribution in [2.24, 2.45) is 0 Å². The Balaban J connectivity index is 2.01. The third-order valence-electron chi connectivity index (χ3n) is 3.38. The van der Waals surface area contributed by atoms with E-state index in [1.807, 2.05) is 13.0 Å². The maximum Gasteiger partial charge on any atom is 0.241 e. The highest BCUT2D eigenvalue weighted by Crippen LogP contribution is 2.24. The molecule has 110 valence electrons. The summed E-state index contributed by atoms with van der Waals surface area (Å²) in [7, 11) is -3.61. The lowest BCUT2D eigenvalue weighted by molar-refractivity contribution is -0.119. The molecule has 0 saturated heterocycles. The second-order valence-electron chi connectivity index (χ2n) is 4.96. The fourth-order valence-corrected chi connectivity index (χ4v) is 3.32. The average Bonchev–Trinajstić information content (AvgIpc) is 2.90. The van der Waals surface area contributed by atoms with Gasteiger partial charge in [-0.15, -0.1) is 0 Å². The number of aryl methyl sites for hydroxylation is 2. The van der Waals surface area contributed by atoms with Gasteiger partial charge in [0.05, 0.1) is 11.4 Å². The van der Waals surface area contributed by atoms with Crippen LogP contribution in [0.2, 0.25) is 0 Å². The summed E-state index contributed by atoms with van der Waals surface area (Å²) >= 11 is 0. The van der Waals surface area contributed by atoms with E-state index in [1.54, 1.807) is 12.1 Å². The molecule has 6 heteroatoms. The second kappa shape index (κ2) is 6.37. The first-order valence-electron chi connectivity index (χ1n) is 6.91. The van der Waals surface area contributed by atoms with Crippen LogP contribution in [0.15, 0.2) is 23.1 Å². The summed E-state index contributed by atoms with van der Waals surface area (Å²) in [5.41, 5.74) is 2.33. The zero-order valence-corrected chi connectivity index (χ0v) is 12.4. The summed E-state index contributed by atoms with van der Waals surface area (Å²) in [6.45, 7) is 2.27. The van der Waals surface area contributed by atoms with E-state index >= 15 is 0 Å². The fourth-order valence-electron chi connectivity index (χ4n) is 2.29. The maximum absolute atomic E-state index is 12.1. The molecule has 1 aliphatic rings. The number of rotatable bonds is 6. The number of amides is 1. The number of hydrogen-bond donors (Lipinski definition) is 2. The number of fused-ring (bicyclic) bond motifs is 1. The van der Waals surface area contributed by atoms with Gasteiger partial charge in [-0.25, -0.2) is 13.1 Å². The highest BCUT2D eigenvalue weighted by molar-refractivity contribution is 7.89. The van der Waals surface area contributed by atoms with Crippen molar-refractivity contribution in [1.29, 1.82) is 0 Å². The van der Waals surface area contributed by atoms with Crippen molar-refractivity contribution in [2.45, 2.75) is 37.5 Å². The van der Waals surface area contributed by atoms with E-state index < -0.39 is 10.0 Å². The minimum Gasteiger partial charge on any atom is -0.355 e. The van der Waals surface area contributed by atoms with Gasteiger partial charge in [0.25, 0.3) is 0 Å². The van der Waals surface area contributed by atoms with Crippen LogP contribution in [0.4, 0.5) is 0 Å². The van der Waals surface area contributed by atoms with Crippen LogP contribution in [0.5, 0.6) is 0 Å². The van der Waals surface area contributed by atoms with E-state index in [-0.39, 0.29) is 17.3 Å². The Morgan fingerprint density at radius 2 is 2.00 bits per heavy atom. The molecule has 5 nitrogen and oxygen atoms in total. The number of sulfonamides is 1. The van der Waals surface area contributed by atoms with Crippen molar-refractivity contribution in [3.05, 3.63) is 29.3 Å². The van der Waals surface area contributed by atoms with Crippen LogP contribution in [0, 0.1) is 0 Å². The highest BCUT2D eigenvalue weighted by atomic mass is 32.2. The Morgan fingerprint density at radius 3 is 2.75 bits per heavy atom. The van der Waals surface area contributed by atoms with Crippen LogP contribution < -0.4 is 10.0 Å².